The van der Waals surface area contributed by atoms with Crippen molar-refractivity contribution in [1.29, 1.82) is 0 Å². The average molecular weight is 237 g/mol. The van der Waals surface area contributed by atoms with Gasteiger partial charge in [-0.05, 0) is 12.0 Å². The zero-order chi connectivity index (χ0) is 11.2. The third-order valence-corrected chi connectivity index (χ3v) is 3.95. The fourth-order valence-electron chi connectivity index (χ4n) is 1.97. The summed E-state index contributed by atoms with van der Waals surface area (Å²) in [7, 11) is 0. The second-order valence-electron chi connectivity index (χ2n) is 4.17. The van der Waals surface area contributed by atoms with Gasteiger partial charge in [0, 0.05) is 31.1 Å². The van der Waals surface area contributed by atoms with Gasteiger partial charge in [-0.25, -0.2) is 0 Å². The first kappa shape index (κ1) is 12.0. The normalized spacial score (nSPS) is 19.6. The van der Waals surface area contributed by atoms with Crippen molar-refractivity contribution < 1.29 is 5.11 Å². The van der Waals surface area contributed by atoms with E-state index in [1.807, 2.05) is 42.1 Å². The Kier molecular flexibility index (Phi) is 4.69. The van der Waals surface area contributed by atoms with E-state index in [1.165, 1.54) is 24.6 Å². The van der Waals surface area contributed by atoms with Crippen molar-refractivity contribution in [3.05, 3.63) is 35.9 Å². The van der Waals surface area contributed by atoms with Gasteiger partial charge in [0.2, 0.25) is 0 Å². The summed E-state index contributed by atoms with van der Waals surface area (Å²) in [5, 5.41) is 10.0. The predicted molar refractivity (Wildman–Crippen MR) is 69.8 cm³/mol. The zero-order valence-electron chi connectivity index (χ0n) is 9.51. The number of thioether (sulfide) groups is 1. The lowest BCUT2D eigenvalue weighted by Gasteiger charge is -2.27. The van der Waals surface area contributed by atoms with Gasteiger partial charge in [-0.3, -0.25) is 0 Å². The summed E-state index contributed by atoms with van der Waals surface area (Å²) in [6, 6.07) is 9.94. The Bertz CT molecular complexity index is 298. The van der Waals surface area contributed by atoms with E-state index in [9.17, 15) is 5.11 Å². The molecule has 88 valence electrons. The molecule has 1 aliphatic rings. The second-order valence-corrected chi connectivity index (χ2v) is 5.39. The van der Waals surface area contributed by atoms with Gasteiger partial charge in [0.15, 0.2) is 0 Å². The number of aliphatic hydroxyl groups is 1. The number of nitrogens with zero attached hydrogens (tertiary/aromatic N) is 1. The van der Waals surface area contributed by atoms with Crippen molar-refractivity contribution in [2.45, 2.75) is 12.5 Å². The maximum absolute atomic E-state index is 10.0. The number of benzene rings is 1. The van der Waals surface area contributed by atoms with E-state index in [2.05, 4.69) is 4.90 Å². The SMILES string of the molecule is OC(CCN1CCSCC1)c1ccccc1. The van der Waals surface area contributed by atoms with Gasteiger partial charge >= 0.3 is 0 Å². The summed E-state index contributed by atoms with van der Waals surface area (Å²) in [6.07, 6.45) is 0.532. The lowest BCUT2D eigenvalue weighted by molar-refractivity contribution is 0.145. The Balaban J connectivity index is 1.77. The van der Waals surface area contributed by atoms with E-state index < -0.39 is 0 Å². The van der Waals surface area contributed by atoms with Crippen molar-refractivity contribution in [1.82, 2.24) is 4.90 Å². The maximum Gasteiger partial charge on any atom is 0.0802 e. The van der Waals surface area contributed by atoms with Crippen LogP contribution in [0.2, 0.25) is 0 Å². The Labute approximate surface area is 102 Å². The molecular formula is C13H19NOS. The predicted octanol–water partition coefficient (Wildman–Crippen LogP) is 2.16. The number of aliphatic hydroxyl groups excluding tert-OH is 1. The number of hydrogen-bond donors (Lipinski definition) is 1. The summed E-state index contributed by atoms with van der Waals surface area (Å²) < 4.78 is 0. The van der Waals surface area contributed by atoms with Crippen molar-refractivity contribution in [2.75, 3.05) is 31.1 Å². The largest absolute Gasteiger partial charge is 0.388 e. The van der Waals surface area contributed by atoms with Gasteiger partial charge in [0.1, 0.15) is 0 Å². The van der Waals surface area contributed by atoms with Crippen LogP contribution in [0.1, 0.15) is 18.1 Å². The number of rotatable bonds is 4. The first-order chi connectivity index (χ1) is 7.86. The minimum absolute atomic E-state index is 0.309. The minimum Gasteiger partial charge on any atom is -0.388 e. The van der Waals surface area contributed by atoms with Crippen LogP contribution in [0.25, 0.3) is 0 Å². The van der Waals surface area contributed by atoms with E-state index in [0.29, 0.717) is 0 Å². The van der Waals surface area contributed by atoms with Crippen LogP contribution in [0.15, 0.2) is 30.3 Å². The summed E-state index contributed by atoms with van der Waals surface area (Å²) in [5.41, 5.74) is 1.04. The van der Waals surface area contributed by atoms with Crippen LogP contribution in [0.5, 0.6) is 0 Å². The first-order valence-electron chi connectivity index (χ1n) is 5.89. The standard InChI is InChI=1S/C13H19NOS/c15-13(12-4-2-1-3-5-12)6-7-14-8-10-16-11-9-14/h1-5,13,15H,6-11H2. The van der Waals surface area contributed by atoms with Gasteiger partial charge in [0.05, 0.1) is 6.10 Å². The molecule has 1 saturated heterocycles. The smallest absolute Gasteiger partial charge is 0.0802 e. The van der Waals surface area contributed by atoms with E-state index in [0.717, 1.165) is 18.5 Å². The molecule has 0 spiro atoms. The third kappa shape index (κ3) is 3.51. The van der Waals surface area contributed by atoms with E-state index in [4.69, 9.17) is 0 Å². The van der Waals surface area contributed by atoms with Crippen LogP contribution in [0.4, 0.5) is 0 Å². The van der Waals surface area contributed by atoms with Gasteiger partial charge < -0.3 is 10.0 Å². The molecule has 1 heterocycles. The molecule has 1 aromatic carbocycles. The molecule has 2 nitrogen and oxygen atoms in total. The molecule has 16 heavy (non-hydrogen) atoms. The molecule has 1 aromatic rings. The molecule has 0 radical (unpaired) electrons. The fourth-order valence-corrected chi connectivity index (χ4v) is 2.95. The highest BCUT2D eigenvalue weighted by Gasteiger charge is 2.13. The highest BCUT2D eigenvalue weighted by atomic mass is 32.2. The summed E-state index contributed by atoms with van der Waals surface area (Å²) in [6.45, 7) is 3.36. The van der Waals surface area contributed by atoms with Crippen LogP contribution >= 0.6 is 11.8 Å². The van der Waals surface area contributed by atoms with Crippen molar-refractivity contribution >= 4 is 11.8 Å². The molecule has 0 aliphatic carbocycles. The van der Waals surface area contributed by atoms with E-state index in [1.54, 1.807) is 0 Å². The van der Waals surface area contributed by atoms with Crippen LogP contribution in [0.3, 0.4) is 0 Å². The summed E-state index contributed by atoms with van der Waals surface area (Å²) in [5.74, 6) is 2.48. The van der Waals surface area contributed by atoms with Crippen LogP contribution in [-0.2, 0) is 0 Å². The van der Waals surface area contributed by atoms with Crippen LogP contribution in [0, 0.1) is 0 Å². The molecule has 0 bridgehead atoms. The van der Waals surface area contributed by atoms with Crippen molar-refractivity contribution in [3.63, 3.8) is 0 Å². The van der Waals surface area contributed by atoms with Gasteiger partial charge in [-0.15, -0.1) is 0 Å². The second kappa shape index (κ2) is 6.28. The Morgan fingerprint density at radius 1 is 1.19 bits per heavy atom. The number of hydrogen-bond acceptors (Lipinski definition) is 3. The lowest BCUT2D eigenvalue weighted by Crippen LogP contribution is -2.33. The summed E-state index contributed by atoms with van der Waals surface area (Å²) >= 11 is 2.03. The van der Waals surface area contributed by atoms with Crippen LogP contribution in [-0.4, -0.2) is 41.1 Å². The van der Waals surface area contributed by atoms with Crippen molar-refractivity contribution in [3.8, 4) is 0 Å². The molecule has 1 unspecified atom stereocenters. The molecule has 0 saturated carbocycles. The van der Waals surface area contributed by atoms with E-state index in [-0.39, 0.29) is 6.10 Å². The monoisotopic (exact) mass is 237 g/mol. The topological polar surface area (TPSA) is 23.5 Å². The maximum atomic E-state index is 10.0. The van der Waals surface area contributed by atoms with Gasteiger partial charge in [0.25, 0.3) is 0 Å². The molecule has 0 amide bonds. The average Bonchev–Trinajstić information content (AvgIpc) is 2.38. The highest BCUT2D eigenvalue weighted by molar-refractivity contribution is 7.99. The molecule has 2 rings (SSSR count). The van der Waals surface area contributed by atoms with Crippen molar-refractivity contribution in [2.24, 2.45) is 0 Å². The summed E-state index contributed by atoms with van der Waals surface area (Å²) in [4.78, 5) is 2.45. The highest BCUT2D eigenvalue weighted by Crippen LogP contribution is 2.17. The first-order valence-corrected chi connectivity index (χ1v) is 7.05. The quantitative estimate of drug-likeness (QED) is 0.868. The zero-order valence-corrected chi connectivity index (χ0v) is 10.3. The Hall–Kier alpha value is -0.510. The molecule has 1 atom stereocenters. The van der Waals surface area contributed by atoms with Gasteiger partial charge in [-0.1, -0.05) is 30.3 Å². The molecule has 3 heteroatoms. The van der Waals surface area contributed by atoms with Gasteiger partial charge in [-0.2, -0.15) is 11.8 Å². The third-order valence-electron chi connectivity index (χ3n) is 3.01. The molecule has 1 fully saturated rings. The van der Waals surface area contributed by atoms with E-state index >= 15 is 0 Å². The molecule has 1 N–H and O–H groups in total. The molecule has 1 aliphatic heterocycles. The minimum atomic E-state index is -0.309. The Morgan fingerprint density at radius 2 is 1.88 bits per heavy atom. The fraction of sp³-hybridized carbons (Fsp3) is 0.538. The lowest BCUT2D eigenvalue weighted by atomic mass is 10.1. The van der Waals surface area contributed by atoms with Crippen LogP contribution < -0.4 is 0 Å². The molecule has 0 aromatic heterocycles. The molecular weight excluding hydrogens is 218 g/mol. The Morgan fingerprint density at radius 3 is 2.56 bits per heavy atom.